The molecule has 0 bridgehead atoms. The minimum absolute atomic E-state index is 0.120. The lowest BCUT2D eigenvalue weighted by molar-refractivity contribution is -0.137. The number of rotatable bonds is 6. The molecule has 104 valence electrons. The van der Waals surface area contributed by atoms with Gasteiger partial charge in [0.1, 0.15) is 5.75 Å². The SMILES string of the molecule is CC(C)C(C(=O)O)S(=O)(=O)CC(=O)N(C)C1CC1. The van der Waals surface area contributed by atoms with Crippen molar-refractivity contribution in [3.05, 3.63) is 0 Å². The normalized spacial score (nSPS) is 17.6. The van der Waals surface area contributed by atoms with Gasteiger partial charge in [-0.25, -0.2) is 8.42 Å². The lowest BCUT2D eigenvalue weighted by Gasteiger charge is -2.20. The zero-order valence-corrected chi connectivity index (χ0v) is 11.6. The third-order valence-electron chi connectivity index (χ3n) is 3.05. The van der Waals surface area contributed by atoms with E-state index >= 15 is 0 Å². The van der Waals surface area contributed by atoms with Crippen molar-refractivity contribution >= 4 is 21.7 Å². The van der Waals surface area contributed by atoms with E-state index < -0.39 is 38.6 Å². The Morgan fingerprint density at radius 3 is 2.17 bits per heavy atom. The van der Waals surface area contributed by atoms with Gasteiger partial charge in [-0.15, -0.1) is 0 Å². The Balaban J connectivity index is 2.79. The van der Waals surface area contributed by atoms with Crippen LogP contribution < -0.4 is 0 Å². The van der Waals surface area contributed by atoms with E-state index in [-0.39, 0.29) is 6.04 Å². The molecule has 1 fully saturated rings. The van der Waals surface area contributed by atoms with Gasteiger partial charge < -0.3 is 10.0 Å². The molecule has 0 heterocycles. The molecule has 1 saturated carbocycles. The second-order valence-corrected chi connectivity index (χ2v) is 7.17. The van der Waals surface area contributed by atoms with Crippen molar-refractivity contribution < 1.29 is 23.1 Å². The number of hydrogen-bond acceptors (Lipinski definition) is 4. The number of aliphatic carboxylic acids is 1. The summed E-state index contributed by atoms with van der Waals surface area (Å²) < 4.78 is 23.9. The number of sulfone groups is 1. The number of carboxylic acid groups (broad SMARTS) is 1. The Morgan fingerprint density at radius 2 is 1.83 bits per heavy atom. The van der Waals surface area contributed by atoms with E-state index in [0.29, 0.717) is 0 Å². The van der Waals surface area contributed by atoms with Crippen LogP contribution in [0.3, 0.4) is 0 Å². The van der Waals surface area contributed by atoms with Gasteiger partial charge in [0.15, 0.2) is 15.1 Å². The molecule has 0 aromatic rings. The molecule has 0 aromatic heterocycles. The zero-order chi connectivity index (χ0) is 14.1. The summed E-state index contributed by atoms with van der Waals surface area (Å²) in [5, 5.41) is 7.43. The van der Waals surface area contributed by atoms with Gasteiger partial charge in [0.2, 0.25) is 5.91 Å². The Labute approximate surface area is 107 Å². The quantitative estimate of drug-likeness (QED) is 0.745. The van der Waals surface area contributed by atoms with Crippen molar-refractivity contribution in [2.45, 2.75) is 38.0 Å². The lowest BCUT2D eigenvalue weighted by Crippen LogP contribution is -2.42. The first-order valence-corrected chi connectivity index (χ1v) is 7.58. The minimum Gasteiger partial charge on any atom is -0.480 e. The maximum Gasteiger partial charge on any atom is 0.322 e. The summed E-state index contributed by atoms with van der Waals surface area (Å²) in [6.45, 7) is 3.04. The molecular formula is C11H19NO5S. The summed E-state index contributed by atoms with van der Waals surface area (Å²) in [4.78, 5) is 24.1. The fraction of sp³-hybridized carbons (Fsp3) is 0.818. The molecule has 1 unspecified atom stereocenters. The Hall–Kier alpha value is -1.11. The molecule has 1 N–H and O–H groups in total. The number of nitrogens with zero attached hydrogens (tertiary/aromatic N) is 1. The third kappa shape index (κ3) is 3.44. The van der Waals surface area contributed by atoms with Crippen molar-refractivity contribution in [1.82, 2.24) is 4.90 Å². The highest BCUT2D eigenvalue weighted by molar-refractivity contribution is 7.93. The molecule has 1 amide bonds. The van der Waals surface area contributed by atoms with Crippen molar-refractivity contribution in [3.63, 3.8) is 0 Å². The summed E-state index contributed by atoms with van der Waals surface area (Å²) in [5.41, 5.74) is 0. The highest BCUT2D eigenvalue weighted by Gasteiger charge is 2.39. The smallest absolute Gasteiger partial charge is 0.322 e. The maximum atomic E-state index is 11.9. The molecule has 18 heavy (non-hydrogen) atoms. The van der Waals surface area contributed by atoms with Gasteiger partial charge in [0.25, 0.3) is 0 Å². The Morgan fingerprint density at radius 1 is 1.33 bits per heavy atom. The second kappa shape index (κ2) is 5.26. The molecule has 1 rings (SSSR count). The maximum absolute atomic E-state index is 11.9. The summed E-state index contributed by atoms with van der Waals surface area (Å²) >= 11 is 0. The molecule has 0 spiro atoms. The average Bonchev–Trinajstić information content (AvgIpc) is 2.95. The first kappa shape index (κ1) is 14.9. The van der Waals surface area contributed by atoms with E-state index in [2.05, 4.69) is 0 Å². The third-order valence-corrected chi connectivity index (χ3v) is 5.22. The number of hydrogen-bond donors (Lipinski definition) is 1. The van der Waals surface area contributed by atoms with Gasteiger partial charge >= 0.3 is 5.97 Å². The first-order valence-electron chi connectivity index (χ1n) is 5.87. The monoisotopic (exact) mass is 277 g/mol. The minimum atomic E-state index is -3.96. The number of carboxylic acids is 1. The van der Waals surface area contributed by atoms with Gasteiger partial charge in [-0.1, -0.05) is 13.8 Å². The van der Waals surface area contributed by atoms with Gasteiger partial charge in [0, 0.05) is 13.1 Å². The standard InChI is InChI=1S/C11H19NO5S/c1-7(2)10(11(14)15)18(16,17)6-9(13)12(3)8-4-5-8/h7-8,10H,4-6H2,1-3H3,(H,14,15). The van der Waals surface area contributed by atoms with E-state index in [1.54, 1.807) is 7.05 Å². The van der Waals surface area contributed by atoms with Gasteiger partial charge in [0.05, 0.1) is 0 Å². The fourth-order valence-corrected chi connectivity index (χ4v) is 3.75. The van der Waals surface area contributed by atoms with Crippen molar-refractivity contribution in [2.75, 3.05) is 12.8 Å². The fourth-order valence-electron chi connectivity index (χ4n) is 1.88. The van der Waals surface area contributed by atoms with E-state index in [9.17, 15) is 18.0 Å². The van der Waals surface area contributed by atoms with Gasteiger partial charge in [-0.05, 0) is 18.8 Å². The molecule has 7 heteroatoms. The van der Waals surface area contributed by atoms with Crippen molar-refractivity contribution in [1.29, 1.82) is 0 Å². The van der Waals surface area contributed by atoms with Crippen LogP contribution in [-0.2, 0) is 19.4 Å². The zero-order valence-electron chi connectivity index (χ0n) is 10.8. The number of carbonyl (C=O) groups excluding carboxylic acids is 1. The molecule has 1 atom stereocenters. The molecular weight excluding hydrogens is 258 g/mol. The second-order valence-electron chi connectivity index (χ2n) is 5.05. The summed E-state index contributed by atoms with van der Waals surface area (Å²) in [6, 6.07) is 0.120. The van der Waals surface area contributed by atoms with Crippen LogP contribution >= 0.6 is 0 Å². The predicted molar refractivity (Wildman–Crippen MR) is 65.8 cm³/mol. The van der Waals surface area contributed by atoms with Gasteiger partial charge in [-0.3, -0.25) is 9.59 Å². The molecule has 0 saturated heterocycles. The van der Waals surface area contributed by atoms with Crippen LogP contribution in [0.25, 0.3) is 0 Å². The molecule has 0 radical (unpaired) electrons. The van der Waals surface area contributed by atoms with Crippen LogP contribution in [0.1, 0.15) is 26.7 Å². The topological polar surface area (TPSA) is 91.7 Å². The molecule has 0 aromatic carbocycles. The molecule has 0 aliphatic heterocycles. The van der Waals surface area contributed by atoms with Crippen LogP contribution in [0.4, 0.5) is 0 Å². The summed E-state index contributed by atoms with van der Waals surface area (Å²) in [5.74, 6) is -3.21. The number of carbonyl (C=O) groups is 2. The van der Waals surface area contributed by atoms with E-state index in [1.807, 2.05) is 0 Å². The largest absolute Gasteiger partial charge is 0.480 e. The van der Waals surface area contributed by atoms with Crippen LogP contribution in [0.15, 0.2) is 0 Å². The highest BCUT2D eigenvalue weighted by atomic mass is 32.2. The van der Waals surface area contributed by atoms with E-state index in [1.165, 1.54) is 18.7 Å². The van der Waals surface area contributed by atoms with Crippen LogP contribution in [0.2, 0.25) is 0 Å². The van der Waals surface area contributed by atoms with E-state index in [0.717, 1.165) is 12.8 Å². The van der Waals surface area contributed by atoms with E-state index in [4.69, 9.17) is 5.11 Å². The summed E-state index contributed by atoms with van der Waals surface area (Å²) in [6.07, 6.45) is 1.77. The molecule has 1 aliphatic rings. The highest BCUT2D eigenvalue weighted by Crippen LogP contribution is 2.26. The average molecular weight is 277 g/mol. The van der Waals surface area contributed by atoms with Crippen molar-refractivity contribution in [2.24, 2.45) is 5.92 Å². The van der Waals surface area contributed by atoms with Gasteiger partial charge in [-0.2, -0.15) is 0 Å². The molecule has 6 nitrogen and oxygen atoms in total. The first-order chi connectivity index (χ1) is 8.16. The Bertz CT molecular complexity index is 438. The lowest BCUT2D eigenvalue weighted by atomic mass is 10.1. The molecule has 1 aliphatic carbocycles. The summed E-state index contributed by atoms with van der Waals surface area (Å²) in [7, 11) is -2.41. The van der Waals surface area contributed by atoms with Crippen LogP contribution in [0, 0.1) is 5.92 Å². The number of amides is 1. The van der Waals surface area contributed by atoms with Crippen LogP contribution in [-0.4, -0.2) is 54.4 Å². The van der Waals surface area contributed by atoms with Crippen LogP contribution in [0.5, 0.6) is 0 Å². The Kier molecular flexibility index (Phi) is 4.37. The predicted octanol–water partition coefficient (Wildman–Crippen LogP) is 0.131. The van der Waals surface area contributed by atoms with Crippen molar-refractivity contribution in [3.8, 4) is 0 Å².